The number of rotatable bonds is 3. The van der Waals surface area contributed by atoms with E-state index >= 15 is 0 Å². The SMILES string of the molecule is C[C@H](CCC#N)C1CCC2C3CCC4N(C)C(=O)CCC4(C)C3CCC21C. The van der Waals surface area contributed by atoms with E-state index in [4.69, 9.17) is 5.26 Å². The highest BCUT2D eigenvalue weighted by Crippen LogP contribution is 2.67. The Morgan fingerprint density at radius 2 is 1.85 bits per heavy atom. The molecule has 0 bridgehead atoms. The molecule has 0 radical (unpaired) electrons. The lowest BCUT2D eigenvalue weighted by Gasteiger charge is -2.62. The molecule has 3 nitrogen and oxygen atoms in total. The Bertz CT molecular complexity index is 639. The smallest absolute Gasteiger partial charge is 0.222 e. The largest absolute Gasteiger partial charge is 0.342 e. The van der Waals surface area contributed by atoms with Crippen molar-refractivity contribution in [3.8, 4) is 6.07 Å². The van der Waals surface area contributed by atoms with Crippen LogP contribution in [0.4, 0.5) is 0 Å². The monoisotopic (exact) mass is 370 g/mol. The lowest BCUT2D eigenvalue weighted by molar-refractivity contribution is -0.158. The summed E-state index contributed by atoms with van der Waals surface area (Å²) in [6, 6.07) is 2.83. The zero-order chi connectivity index (χ0) is 19.4. The summed E-state index contributed by atoms with van der Waals surface area (Å²) in [5.41, 5.74) is 0.813. The minimum Gasteiger partial charge on any atom is -0.342 e. The number of carbonyl (C=O) groups is 1. The third kappa shape index (κ3) is 2.77. The van der Waals surface area contributed by atoms with E-state index in [-0.39, 0.29) is 0 Å². The van der Waals surface area contributed by atoms with Gasteiger partial charge in [-0.3, -0.25) is 4.79 Å². The number of nitrogens with zero attached hydrogens (tertiary/aromatic N) is 2. The minimum absolute atomic E-state index is 0.331. The number of fused-ring (bicyclic) bond motifs is 5. The van der Waals surface area contributed by atoms with Gasteiger partial charge in [-0.1, -0.05) is 20.8 Å². The maximum Gasteiger partial charge on any atom is 0.222 e. The van der Waals surface area contributed by atoms with Gasteiger partial charge in [0.05, 0.1) is 6.07 Å². The van der Waals surface area contributed by atoms with Crippen molar-refractivity contribution in [3.05, 3.63) is 0 Å². The highest BCUT2D eigenvalue weighted by Gasteiger charge is 2.61. The second-order valence-electron chi connectivity index (χ2n) is 10.9. The van der Waals surface area contributed by atoms with Crippen LogP contribution in [0.25, 0.3) is 0 Å². The predicted octanol–water partition coefficient (Wildman–Crippen LogP) is 5.41. The standard InChI is InChI=1S/C24H38N2O/c1-16(6-5-15-25)18-8-9-19-17-7-10-21-24(3,14-12-22(27)26(21)4)20(17)11-13-23(18,19)2/h16-21H,5-14H2,1-4H3/t16-,17?,18?,19?,20?,21?,23?,24?/m1/s1. The Balaban J connectivity index is 1.56. The first-order chi connectivity index (χ1) is 12.8. The van der Waals surface area contributed by atoms with Crippen LogP contribution in [-0.2, 0) is 4.79 Å². The number of hydrogen-bond acceptors (Lipinski definition) is 2. The molecule has 0 spiro atoms. The maximum absolute atomic E-state index is 12.3. The Morgan fingerprint density at radius 3 is 2.59 bits per heavy atom. The van der Waals surface area contributed by atoms with Gasteiger partial charge in [-0.15, -0.1) is 0 Å². The van der Waals surface area contributed by atoms with Gasteiger partial charge in [-0.2, -0.15) is 5.26 Å². The lowest BCUT2D eigenvalue weighted by atomic mass is 9.46. The van der Waals surface area contributed by atoms with E-state index < -0.39 is 0 Å². The Hall–Kier alpha value is -1.04. The topological polar surface area (TPSA) is 44.1 Å². The van der Waals surface area contributed by atoms with Crippen LogP contribution in [-0.4, -0.2) is 23.9 Å². The molecule has 0 aromatic rings. The molecule has 3 saturated carbocycles. The van der Waals surface area contributed by atoms with Crippen molar-refractivity contribution in [2.75, 3.05) is 7.05 Å². The fraction of sp³-hybridized carbons (Fsp3) is 0.917. The molecule has 1 heterocycles. The normalized spacial score (nSPS) is 47.6. The van der Waals surface area contributed by atoms with Crippen LogP contribution in [0.1, 0.15) is 85.0 Å². The van der Waals surface area contributed by atoms with Crippen LogP contribution >= 0.6 is 0 Å². The second kappa shape index (κ2) is 6.78. The molecule has 1 saturated heterocycles. The Labute approximate surface area is 165 Å². The molecular weight excluding hydrogens is 332 g/mol. The predicted molar refractivity (Wildman–Crippen MR) is 108 cm³/mol. The summed E-state index contributed by atoms with van der Waals surface area (Å²) < 4.78 is 0. The summed E-state index contributed by atoms with van der Waals surface area (Å²) in [4.78, 5) is 14.4. The van der Waals surface area contributed by atoms with E-state index in [0.717, 1.165) is 42.9 Å². The van der Waals surface area contributed by atoms with Gasteiger partial charge in [-0.05, 0) is 91.8 Å². The first kappa shape index (κ1) is 19.3. The summed E-state index contributed by atoms with van der Waals surface area (Å²) >= 11 is 0. The molecule has 150 valence electrons. The fourth-order valence-corrected chi connectivity index (χ4v) is 8.62. The summed E-state index contributed by atoms with van der Waals surface area (Å²) in [5.74, 6) is 4.38. The number of hydrogen-bond donors (Lipinski definition) is 0. The summed E-state index contributed by atoms with van der Waals surface area (Å²) in [6.07, 6.45) is 11.7. The average Bonchev–Trinajstić information content (AvgIpc) is 3.00. The van der Waals surface area contributed by atoms with E-state index in [1.807, 2.05) is 0 Å². The number of carbonyl (C=O) groups excluding carboxylic acids is 1. The molecule has 0 aromatic carbocycles. The van der Waals surface area contributed by atoms with Gasteiger partial charge >= 0.3 is 0 Å². The average molecular weight is 371 g/mol. The van der Waals surface area contributed by atoms with Crippen LogP contribution in [0.5, 0.6) is 0 Å². The summed E-state index contributed by atoms with van der Waals surface area (Å²) in [6.45, 7) is 7.52. The van der Waals surface area contributed by atoms with Crippen LogP contribution in [0.3, 0.4) is 0 Å². The molecule has 0 N–H and O–H groups in total. The van der Waals surface area contributed by atoms with Crippen molar-refractivity contribution in [2.45, 2.75) is 91.0 Å². The van der Waals surface area contributed by atoms with Crippen molar-refractivity contribution in [1.82, 2.24) is 4.90 Å². The van der Waals surface area contributed by atoms with Gasteiger partial charge in [-0.25, -0.2) is 0 Å². The van der Waals surface area contributed by atoms with E-state index in [9.17, 15) is 4.79 Å². The molecule has 3 heteroatoms. The number of likely N-dealkylation sites (tertiary alicyclic amines) is 1. The minimum atomic E-state index is 0.331. The van der Waals surface area contributed by atoms with Crippen molar-refractivity contribution in [1.29, 1.82) is 5.26 Å². The maximum atomic E-state index is 12.3. The molecule has 3 aliphatic carbocycles. The van der Waals surface area contributed by atoms with Crippen LogP contribution < -0.4 is 0 Å². The van der Waals surface area contributed by atoms with E-state index in [1.54, 1.807) is 0 Å². The zero-order valence-electron chi connectivity index (χ0n) is 17.8. The molecule has 8 atom stereocenters. The molecule has 0 aromatic heterocycles. The van der Waals surface area contributed by atoms with Crippen LogP contribution in [0, 0.1) is 51.8 Å². The first-order valence-electron chi connectivity index (χ1n) is 11.5. The lowest BCUT2D eigenvalue weighted by Crippen LogP contribution is -2.61. The van der Waals surface area contributed by atoms with Crippen molar-refractivity contribution >= 4 is 5.91 Å². The first-order valence-corrected chi connectivity index (χ1v) is 11.5. The van der Waals surface area contributed by atoms with Gasteiger partial charge in [0, 0.05) is 25.9 Å². The van der Waals surface area contributed by atoms with Gasteiger partial charge in [0.15, 0.2) is 0 Å². The van der Waals surface area contributed by atoms with Crippen molar-refractivity contribution in [2.24, 2.45) is 40.4 Å². The Kier molecular flexibility index (Phi) is 4.84. The highest BCUT2D eigenvalue weighted by atomic mass is 16.2. The van der Waals surface area contributed by atoms with Gasteiger partial charge in [0.25, 0.3) is 0 Å². The van der Waals surface area contributed by atoms with Crippen LogP contribution in [0.2, 0.25) is 0 Å². The summed E-state index contributed by atoms with van der Waals surface area (Å²) in [5, 5.41) is 9.01. The molecule has 4 fully saturated rings. The quantitative estimate of drug-likeness (QED) is 0.667. The van der Waals surface area contributed by atoms with Crippen molar-refractivity contribution in [3.63, 3.8) is 0 Å². The fourth-order valence-electron chi connectivity index (χ4n) is 8.62. The molecule has 7 unspecified atom stereocenters. The van der Waals surface area contributed by atoms with Gasteiger partial charge in [0.2, 0.25) is 5.91 Å². The van der Waals surface area contributed by atoms with E-state index in [0.29, 0.717) is 35.1 Å². The Morgan fingerprint density at radius 1 is 1.11 bits per heavy atom. The van der Waals surface area contributed by atoms with E-state index in [1.165, 1.54) is 38.5 Å². The van der Waals surface area contributed by atoms with Crippen LogP contribution in [0.15, 0.2) is 0 Å². The molecule has 1 aliphatic heterocycles. The zero-order valence-corrected chi connectivity index (χ0v) is 17.8. The number of piperidine rings is 1. The molecule has 1 amide bonds. The third-order valence-corrected chi connectivity index (χ3v) is 10.0. The summed E-state index contributed by atoms with van der Waals surface area (Å²) in [7, 11) is 2.06. The number of nitriles is 1. The second-order valence-corrected chi connectivity index (χ2v) is 10.9. The molecule has 4 rings (SSSR count). The van der Waals surface area contributed by atoms with Gasteiger partial charge < -0.3 is 4.90 Å². The third-order valence-electron chi connectivity index (χ3n) is 10.0. The highest BCUT2D eigenvalue weighted by molar-refractivity contribution is 5.77. The molecular formula is C24H38N2O. The van der Waals surface area contributed by atoms with E-state index in [2.05, 4.69) is 38.8 Å². The number of amides is 1. The van der Waals surface area contributed by atoms with Gasteiger partial charge in [0.1, 0.15) is 0 Å². The molecule has 4 aliphatic rings. The molecule has 27 heavy (non-hydrogen) atoms. The van der Waals surface area contributed by atoms with Crippen molar-refractivity contribution < 1.29 is 4.79 Å².